The maximum atomic E-state index is 9.31. The summed E-state index contributed by atoms with van der Waals surface area (Å²) in [6.07, 6.45) is 1.82. The van der Waals surface area contributed by atoms with Crippen molar-refractivity contribution in [1.82, 2.24) is 20.3 Å². The van der Waals surface area contributed by atoms with E-state index in [-0.39, 0.29) is 5.75 Å². The van der Waals surface area contributed by atoms with Crippen LogP contribution in [0.25, 0.3) is 5.69 Å². The molecular weight excluding hydrogens is 192 g/mol. The Kier molecular flexibility index (Phi) is 2.64. The quantitative estimate of drug-likeness (QED) is 0.772. The van der Waals surface area contributed by atoms with Crippen LogP contribution in [-0.4, -0.2) is 27.1 Å². The van der Waals surface area contributed by atoms with Gasteiger partial charge < -0.3 is 10.4 Å². The van der Waals surface area contributed by atoms with E-state index < -0.39 is 0 Å². The number of nitrogens with one attached hydrogen (secondary N) is 1. The SMILES string of the molecule is CNCc1cn(-c2cccc(O)c2)nn1. The summed E-state index contributed by atoms with van der Waals surface area (Å²) >= 11 is 0. The van der Waals surface area contributed by atoms with E-state index in [1.54, 1.807) is 22.9 Å². The zero-order chi connectivity index (χ0) is 10.7. The Morgan fingerprint density at radius 1 is 1.47 bits per heavy atom. The Morgan fingerprint density at radius 2 is 2.33 bits per heavy atom. The number of phenols is 1. The summed E-state index contributed by atoms with van der Waals surface area (Å²) in [6.45, 7) is 0.679. The average molecular weight is 204 g/mol. The summed E-state index contributed by atoms with van der Waals surface area (Å²) in [5.74, 6) is 0.221. The first-order valence-corrected chi connectivity index (χ1v) is 4.65. The minimum absolute atomic E-state index is 0.221. The van der Waals surface area contributed by atoms with Gasteiger partial charge in [0.05, 0.1) is 17.6 Å². The fourth-order valence-electron chi connectivity index (χ4n) is 1.32. The molecule has 2 N–H and O–H groups in total. The molecule has 5 heteroatoms. The lowest BCUT2D eigenvalue weighted by Crippen LogP contribution is -2.04. The van der Waals surface area contributed by atoms with Gasteiger partial charge in [-0.05, 0) is 19.2 Å². The first kappa shape index (κ1) is 9.67. The predicted octanol–water partition coefficient (Wildman–Crippen LogP) is 0.692. The van der Waals surface area contributed by atoms with E-state index in [1.807, 2.05) is 19.3 Å². The second kappa shape index (κ2) is 4.10. The van der Waals surface area contributed by atoms with E-state index in [9.17, 15) is 5.11 Å². The molecule has 0 saturated heterocycles. The summed E-state index contributed by atoms with van der Waals surface area (Å²) in [7, 11) is 1.85. The van der Waals surface area contributed by atoms with Gasteiger partial charge in [-0.3, -0.25) is 0 Å². The number of hydrogen-bond acceptors (Lipinski definition) is 4. The first-order valence-electron chi connectivity index (χ1n) is 4.65. The molecule has 2 aromatic rings. The zero-order valence-electron chi connectivity index (χ0n) is 8.38. The third-order valence-corrected chi connectivity index (χ3v) is 1.99. The molecule has 0 fully saturated rings. The second-order valence-electron chi connectivity index (χ2n) is 3.20. The van der Waals surface area contributed by atoms with Gasteiger partial charge in [-0.15, -0.1) is 5.10 Å². The average Bonchev–Trinajstić information content (AvgIpc) is 2.67. The highest BCUT2D eigenvalue weighted by atomic mass is 16.3. The van der Waals surface area contributed by atoms with Crippen molar-refractivity contribution in [3.8, 4) is 11.4 Å². The molecule has 78 valence electrons. The maximum Gasteiger partial charge on any atom is 0.117 e. The Morgan fingerprint density at radius 3 is 3.07 bits per heavy atom. The van der Waals surface area contributed by atoms with Gasteiger partial charge in [-0.25, -0.2) is 4.68 Å². The molecule has 0 aliphatic heterocycles. The molecule has 5 nitrogen and oxygen atoms in total. The smallest absolute Gasteiger partial charge is 0.117 e. The molecule has 0 unspecified atom stereocenters. The summed E-state index contributed by atoms with van der Waals surface area (Å²) in [6, 6.07) is 6.88. The fraction of sp³-hybridized carbons (Fsp3) is 0.200. The molecule has 1 aromatic carbocycles. The second-order valence-corrected chi connectivity index (χ2v) is 3.20. The van der Waals surface area contributed by atoms with Crippen LogP contribution in [0.4, 0.5) is 0 Å². The van der Waals surface area contributed by atoms with Crippen LogP contribution in [0.15, 0.2) is 30.5 Å². The molecular formula is C10H12N4O. The zero-order valence-corrected chi connectivity index (χ0v) is 8.38. The lowest BCUT2D eigenvalue weighted by Gasteiger charge is -1.99. The molecule has 0 aliphatic carbocycles. The van der Waals surface area contributed by atoms with E-state index in [4.69, 9.17) is 0 Å². The van der Waals surface area contributed by atoms with Gasteiger partial charge in [-0.1, -0.05) is 11.3 Å². The van der Waals surface area contributed by atoms with Crippen LogP contribution in [-0.2, 0) is 6.54 Å². The molecule has 0 aliphatic rings. The first-order chi connectivity index (χ1) is 7.29. The van der Waals surface area contributed by atoms with Crippen LogP contribution < -0.4 is 5.32 Å². The van der Waals surface area contributed by atoms with Crippen molar-refractivity contribution < 1.29 is 5.11 Å². The van der Waals surface area contributed by atoms with Crippen molar-refractivity contribution in [1.29, 1.82) is 0 Å². The highest BCUT2D eigenvalue weighted by Gasteiger charge is 2.01. The Balaban J connectivity index is 2.29. The summed E-state index contributed by atoms with van der Waals surface area (Å²) in [4.78, 5) is 0. The van der Waals surface area contributed by atoms with Crippen LogP contribution in [0.2, 0.25) is 0 Å². The van der Waals surface area contributed by atoms with Crippen molar-refractivity contribution in [3.05, 3.63) is 36.2 Å². The normalized spacial score (nSPS) is 10.5. The number of aromatic hydroxyl groups is 1. The van der Waals surface area contributed by atoms with Crippen molar-refractivity contribution in [3.63, 3.8) is 0 Å². The fourth-order valence-corrected chi connectivity index (χ4v) is 1.32. The number of aromatic nitrogens is 3. The number of hydrogen-bond donors (Lipinski definition) is 2. The van der Waals surface area contributed by atoms with Crippen LogP contribution >= 0.6 is 0 Å². The van der Waals surface area contributed by atoms with E-state index in [0.717, 1.165) is 11.4 Å². The van der Waals surface area contributed by atoms with Gasteiger partial charge in [0, 0.05) is 12.6 Å². The molecule has 15 heavy (non-hydrogen) atoms. The van der Waals surface area contributed by atoms with Gasteiger partial charge in [0.15, 0.2) is 0 Å². The van der Waals surface area contributed by atoms with Crippen molar-refractivity contribution in [2.24, 2.45) is 0 Å². The molecule has 0 bridgehead atoms. The maximum absolute atomic E-state index is 9.31. The van der Waals surface area contributed by atoms with Crippen molar-refractivity contribution >= 4 is 0 Å². The van der Waals surface area contributed by atoms with E-state index >= 15 is 0 Å². The van der Waals surface area contributed by atoms with Crippen LogP contribution in [0.3, 0.4) is 0 Å². The van der Waals surface area contributed by atoms with Gasteiger partial charge in [-0.2, -0.15) is 0 Å². The Bertz CT molecular complexity index is 452. The molecule has 0 spiro atoms. The summed E-state index contributed by atoms with van der Waals surface area (Å²) < 4.78 is 1.63. The number of nitrogens with zero attached hydrogens (tertiary/aromatic N) is 3. The molecule has 2 rings (SSSR count). The van der Waals surface area contributed by atoms with Gasteiger partial charge >= 0.3 is 0 Å². The molecule has 0 amide bonds. The molecule has 0 radical (unpaired) electrons. The standard InChI is InChI=1S/C10H12N4O/c1-11-6-8-7-14(13-12-8)9-3-2-4-10(15)5-9/h2-5,7,11,15H,6H2,1H3. The largest absolute Gasteiger partial charge is 0.508 e. The van der Waals surface area contributed by atoms with Crippen molar-refractivity contribution in [2.45, 2.75) is 6.54 Å². The number of rotatable bonds is 3. The van der Waals surface area contributed by atoms with E-state index in [0.29, 0.717) is 6.54 Å². The molecule has 1 aromatic heterocycles. The summed E-state index contributed by atoms with van der Waals surface area (Å²) in [5.41, 5.74) is 1.66. The highest BCUT2D eigenvalue weighted by Crippen LogP contribution is 2.14. The third-order valence-electron chi connectivity index (χ3n) is 1.99. The highest BCUT2D eigenvalue weighted by molar-refractivity contribution is 5.37. The van der Waals surface area contributed by atoms with Crippen LogP contribution in [0, 0.1) is 0 Å². The molecule has 0 atom stereocenters. The molecule has 0 saturated carbocycles. The van der Waals surface area contributed by atoms with Crippen molar-refractivity contribution in [2.75, 3.05) is 7.05 Å². The van der Waals surface area contributed by atoms with Gasteiger partial charge in [0.25, 0.3) is 0 Å². The number of phenolic OH excluding ortho intramolecular Hbond substituents is 1. The topological polar surface area (TPSA) is 63.0 Å². The predicted molar refractivity (Wildman–Crippen MR) is 55.8 cm³/mol. The monoisotopic (exact) mass is 204 g/mol. The minimum atomic E-state index is 0.221. The third kappa shape index (κ3) is 2.13. The van der Waals surface area contributed by atoms with E-state index in [2.05, 4.69) is 15.6 Å². The number of benzene rings is 1. The lowest BCUT2D eigenvalue weighted by molar-refractivity contribution is 0.474. The van der Waals surface area contributed by atoms with Crippen LogP contribution in [0.5, 0.6) is 5.75 Å². The van der Waals surface area contributed by atoms with Crippen LogP contribution in [0.1, 0.15) is 5.69 Å². The summed E-state index contributed by atoms with van der Waals surface area (Å²) in [5, 5.41) is 20.2. The van der Waals surface area contributed by atoms with Gasteiger partial charge in [0.2, 0.25) is 0 Å². The Labute approximate surface area is 87.4 Å². The minimum Gasteiger partial charge on any atom is -0.508 e. The molecule has 1 heterocycles. The van der Waals surface area contributed by atoms with Gasteiger partial charge in [0.1, 0.15) is 5.75 Å². The lowest BCUT2D eigenvalue weighted by atomic mass is 10.3. The van der Waals surface area contributed by atoms with E-state index in [1.165, 1.54) is 0 Å². The Hall–Kier alpha value is -1.88.